The van der Waals surface area contributed by atoms with Gasteiger partial charge in [0.1, 0.15) is 0 Å². The fourth-order valence-corrected chi connectivity index (χ4v) is 2.42. The summed E-state index contributed by atoms with van der Waals surface area (Å²) in [4.78, 5) is 22.1. The Morgan fingerprint density at radius 2 is 1.81 bits per heavy atom. The molecule has 0 radical (unpaired) electrons. The molecule has 2 aromatic carbocycles. The maximum absolute atomic E-state index is 11.8. The van der Waals surface area contributed by atoms with Crippen molar-refractivity contribution in [2.45, 2.75) is 0 Å². The van der Waals surface area contributed by atoms with Gasteiger partial charge < -0.3 is 9.88 Å². The zero-order chi connectivity index (χ0) is 19.1. The molecule has 8 heteroatoms. The van der Waals surface area contributed by atoms with E-state index in [2.05, 4.69) is 15.8 Å². The number of non-ortho nitro benzene ring substituents is 1. The lowest BCUT2D eigenvalue weighted by Crippen LogP contribution is -2.25. The van der Waals surface area contributed by atoms with Crippen LogP contribution < -0.4 is 10.7 Å². The number of carbonyl (C=O) groups excluding carboxylic acids is 1. The van der Waals surface area contributed by atoms with Crippen molar-refractivity contribution in [1.82, 2.24) is 9.99 Å². The van der Waals surface area contributed by atoms with Gasteiger partial charge >= 0.3 is 0 Å². The van der Waals surface area contributed by atoms with Gasteiger partial charge in [0.05, 0.1) is 23.4 Å². The Bertz CT molecular complexity index is 949. The number of benzene rings is 2. The van der Waals surface area contributed by atoms with Gasteiger partial charge in [-0.15, -0.1) is 0 Å². The third-order valence-corrected chi connectivity index (χ3v) is 3.73. The number of hydrazone groups is 1. The van der Waals surface area contributed by atoms with Crippen molar-refractivity contribution in [2.75, 3.05) is 11.9 Å². The van der Waals surface area contributed by atoms with E-state index in [-0.39, 0.29) is 18.1 Å². The molecule has 0 fully saturated rings. The molecule has 0 spiro atoms. The van der Waals surface area contributed by atoms with E-state index in [1.54, 1.807) is 18.3 Å². The van der Waals surface area contributed by atoms with E-state index in [1.165, 1.54) is 18.3 Å². The Morgan fingerprint density at radius 3 is 2.52 bits per heavy atom. The first-order valence-electron chi connectivity index (χ1n) is 8.16. The molecule has 0 aliphatic rings. The van der Waals surface area contributed by atoms with Crippen LogP contribution in [-0.4, -0.2) is 28.2 Å². The molecule has 0 unspecified atom stereocenters. The molecule has 2 N–H and O–H groups in total. The van der Waals surface area contributed by atoms with E-state index in [0.29, 0.717) is 0 Å². The van der Waals surface area contributed by atoms with Crippen LogP contribution in [0.25, 0.3) is 5.69 Å². The highest BCUT2D eigenvalue weighted by Crippen LogP contribution is 2.16. The molecule has 0 saturated carbocycles. The van der Waals surface area contributed by atoms with Crippen LogP contribution in [0.3, 0.4) is 0 Å². The van der Waals surface area contributed by atoms with Crippen molar-refractivity contribution >= 4 is 23.5 Å². The van der Waals surface area contributed by atoms with Crippen molar-refractivity contribution in [3.05, 3.63) is 88.7 Å². The summed E-state index contributed by atoms with van der Waals surface area (Å²) in [5.41, 5.74) is 4.81. The molecule has 0 saturated heterocycles. The molecule has 136 valence electrons. The van der Waals surface area contributed by atoms with Gasteiger partial charge in [0, 0.05) is 29.7 Å². The number of nitro benzene ring substituents is 1. The Labute approximate surface area is 155 Å². The average molecular weight is 363 g/mol. The number of anilines is 1. The van der Waals surface area contributed by atoms with Crippen LogP contribution in [-0.2, 0) is 4.79 Å². The zero-order valence-corrected chi connectivity index (χ0v) is 14.3. The minimum absolute atomic E-state index is 0.0271. The molecular formula is C19H17N5O3. The average Bonchev–Trinajstić information content (AvgIpc) is 3.16. The number of rotatable bonds is 7. The quantitative estimate of drug-likeness (QED) is 0.383. The lowest BCUT2D eigenvalue weighted by Gasteiger charge is -2.06. The smallest absolute Gasteiger partial charge is 0.269 e. The number of para-hydroxylation sites is 1. The van der Waals surface area contributed by atoms with Crippen LogP contribution in [0.2, 0.25) is 0 Å². The Balaban J connectivity index is 1.59. The van der Waals surface area contributed by atoms with Crippen LogP contribution in [0.5, 0.6) is 0 Å². The second-order valence-electron chi connectivity index (χ2n) is 5.59. The first kappa shape index (κ1) is 17.9. The zero-order valence-electron chi connectivity index (χ0n) is 14.3. The summed E-state index contributed by atoms with van der Waals surface area (Å²) < 4.78 is 1.81. The van der Waals surface area contributed by atoms with Crippen molar-refractivity contribution in [3.8, 4) is 5.69 Å². The lowest BCUT2D eigenvalue weighted by atomic mass is 10.3. The molecule has 1 aromatic heterocycles. The standard InChI is InChI=1S/C19H17N5O3/c25-19(14-20-15-5-2-1-3-6-15)22-21-13-18-7-4-12-23(18)16-8-10-17(11-9-16)24(26)27/h1-13,20H,14H2,(H,22,25). The highest BCUT2D eigenvalue weighted by molar-refractivity contribution is 5.84. The summed E-state index contributed by atoms with van der Waals surface area (Å²) in [7, 11) is 0. The highest BCUT2D eigenvalue weighted by Gasteiger charge is 2.06. The number of hydrogen-bond acceptors (Lipinski definition) is 5. The topological polar surface area (TPSA) is 102 Å². The number of amides is 1. The fraction of sp³-hybridized carbons (Fsp3) is 0.0526. The number of nitrogens with zero attached hydrogens (tertiary/aromatic N) is 3. The maximum atomic E-state index is 11.8. The normalized spacial score (nSPS) is 10.7. The molecule has 3 rings (SSSR count). The summed E-state index contributed by atoms with van der Waals surface area (Å²) in [6.07, 6.45) is 3.32. The molecular weight excluding hydrogens is 346 g/mol. The number of nitrogens with one attached hydrogen (secondary N) is 2. The largest absolute Gasteiger partial charge is 0.376 e. The fourth-order valence-electron chi connectivity index (χ4n) is 2.42. The van der Waals surface area contributed by atoms with Gasteiger partial charge in [0.25, 0.3) is 11.6 Å². The predicted octanol–water partition coefficient (Wildman–Crippen LogP) is 2.95. The van der Waals surface area contributed by atoms with Crippen molar-refractivity contribution in [1.29, 1.82) is 0 Å². The summed E-state index contributed by atoms with van der Waals surface area (Å²) in [6, 6.07) is 19.2. The van der Waals surface area contributed by atoms with Gasteiger partial charge in [-0.05, 0) is 36.4 Å². The second-order valence-corrected chi connectivity index (χ2v) is 5.59. The van der Waals surface area contributed by atoms with Gasteiger partial charge in [-0.3, -0.25) is 14.9 Å². The van der Waals surface area contributed by atoms with E-state index in [1.807, 2.05) is 47.0 Å². The minimum atomic E-state index is -0.444. The van der Waals surface area contributed by atoms with Gasteiger partial charge in [-0.1, -0.05) is 18.2 Å². The summed E-state index contributed by atoms with van der Waals surface area (Å²) >= 11 is 0. The third-order valence-electron chi connectivity index (χ3n) is 3.73. The van der Waals surface area contributed by atoms with E-state index in [0.717, 1.165) is 17.1 Å². The van der Waals surface area contributed by atoms with Crippen molar-refractivity contribution in [3.63, 3.8) is 0 Å². The van der Waals surface area contributed by atoms with Crippen LogP contribution in [0.4, 0.5) is 11.4 Å². The van der Waals surface area contributed by atoms with Gasteiger partial charge in [-0.2, -0.15) is 5.10 Å². The molecule has 8 nitrogen and oxygen atoms in total. The summed E-state index contributed by atoms with van der Waals surface area (Å²) in [6.45, 7) is 0.102. The van der Waals surface area contributed by atoms with E-state index in [4.69, 9.17) is 0 Å². The van der Waals surface area contributed by atoms with E-state index in [9.17, 15) is 14.9 Å². The minimum Gasteiger partial charge on any atom is -0.376 e. The molecule has 1 amide bonds. The van der Waals surface area contributed by atoms with E-state index < -0.39 is 4.92 Å². The molecule has 0 aliphatic carbocycles. The number of nitro groups is 1. The Morgan fingerprint density at radius 1 is 1.07 bits per heavy atom. The maximum Gasteiger partial charge on any atom is 0.269 e. The molecule has 27 heavy (non-hydrogen) atoms. The third kappa shape index (κ3) is 4.79. The molecule has 0 bridgehead atoms. The number of carbonyl (C=O) groups is 1. The molecule has 3 aromatic rings. The van der Waals surface area contributed by atoms with Crippen LogP contribution in [0, 0.1) is 10.1 Å². The van der Waals surface area contributed by atoms with Crippen molar-refractivity contribution in [2.24, 2.45) is 5.10 Å². The Kier molecular flexibility index (Phi) is 5.58. The van der Waals surface area contributed by atoms with Gasteiger partial charge in [-0.25, -0.2) is 5.43 Å². The van der Waals surface area contributed by atoms with Crippen LogP contribution >= 0.6 is 0 Å². The number of aromatic nitrogens is 1. The van der Waals surface area contributed by atoms with Crippen LogP contribution in [0.1, 0.15) is 5.69 Å². The highest BCUT2D eigenvalue weighted by atomic mass is 16.6. The Hall–Kier alpha value is -3.94. The first-order chi connectivity index (χ1) is 13.1. The summed E-state index contributed by atoms with van der Waals surface area (Å²) in [5, 5.41) is 17.7. The van der Waals surface area contributed by atoms with E-state index >= 15 is 0 Å². The first-order valence-corrected chi connectivity index (χ1v) is 8.16. The lowest BCUT2D eigenvalue weighted by molar-refractivity contribution is -0.384. The van der Waals surface area contributed by atoms with Crippen molar-refractivity contribution < 1.29 is 9.72 Å². The second kappa shape index (κ2) is 8.43. The number of hydrogen-bond donors (Lipinski definition) is 2. The van der Waals surface area contributed by atoms with Crippen LogP contribution in [0.15, 0.2) is 78.0 Å². The van der Waals surface area contributed by atoms with Gasteiger partial charge in [0.15, 0.2) is 0 Å². The molecule has 0 aliphatic heterocycles. The summed E-state index contributed by atoms with van der Waals surface area (Å²) in [5.74, 6) is -0.274. The predicted molar refractivity (Wildman–Crippen MR) is 103 cm³/mol. The van der Waals surface area contributed by atoms with Gasteiger partial charge in [0.2, 0.25) is 0 Å². The monoisotopic (exact) mass is 363 g/mol. The molecule has 0 atom stereocenters. The SMILES string of the molecule is O=C(CNc1ccccc1)NN=Cc1cccn1-c1ccc([N+](=O)[O-])cc1. The molecule has 1 heterocycles.